The van der Waals surface area contributed by atoms with Crippen LogP contribution in [0.25, 0.3) is 28.1 Å². The SMILES string of the molecule is Nc1ccc(N)c(-c2ncc3cnn(-c4ccc(I)cc4)c3n2)c1. The van der Waals surface area contributed by atoms with Crippen molar-refractivity contribution in [3.63, 3.8) is 0 Å². The molecule has 0 radical (unpaired) electrons. The predicted octanol–water partition coefficient (Wildman–Crippen LogP) is 3.25. The van der Waals surface area contributed by atoms with E-state index in [0.29, 0.717) is 22.8 Å². The molecule has 118 valence electrons. The number of halogens is 1. The highest BCUT2D eigenvalue weighted by Crippen LogP contribution is 2.27. The van der Waals surface area contributed by atoms with E-state index in [2.05, 4.69) is 37.7 Å². The molecule has 4 aromatic rings. The van der Waals surface area contributed by atoms with Gasteiger partial charge in [-0.25, -0.2) is 14.6 Å². The molecule has 0 fully saturated rings. The standard InChI is InChI=1S/C17H13IN6/c18-11-1-4-13(5-2-11)24-17-10(9-22-24)8-21-16(23-17)14-7-12(19)3-6-15(14)20/h1-9H,19-20H2. The molecule has 0 aliphatic rings. The molecule has 0 unspecified atom stereocenters. The third-order valence-corrected chi connectivity index (χ3v) is 4.42. The van der Waals surface area contributed by atoms with E-state index in [1.165, 1.54) is 0 Å². The Hall–Kier alpha value is -2.68. The highest BCUT2D eigenvalue weighted by atomic mass is 127. The quantitative estimate of drug-likeness (QED) is 0.378. The van der Waals surface area contributed by atoms with Crippen molar-refractivity contribution in [2.45, 2.75) is 0 Å². The van der Waals surface area contributed by atoms with E-state index in [4.69, 9.17) is 11.5 Å². The van der Waals surface area contributed by atoms with Crippen LogP contribution in [-0.2, 0) is 0 Å². The van der Waals surface area contributed by atoms with Crippen LogP contribution in [0, 0.1) is 3.57 Å². The van der Waals surface area contributed by atoms with Gasteiger partial charge in [0, 0.05) is 26.7 Å². The van der Waals surface area contributed by atoms with E-state index in [9.17, 15) is 0 Å². The molecule has 0 atom stereocenters. The minimum Gasteiger partial charge on any atom is -0.399 e. The van der Waals surface area contributed by atoms with Crippen molar-refractivity contribution < 1.29 is 0 Å². The van der Waals surface area contributed by atoms with Gasteiger partial charge in [-0.3, -0.25) is 0 Å². The van der Waals surface area contributed by atoms with Crippen LogP contribution >= 0.6 is 22.6 Å². The van der Waals surface area contributed by atoms with Crippen LogP contribution in [0.3, 0.4) is 0 Å². The molecule has 0 bridgehead atoms. The molecule has 0 aliphatic carbocycles. The van der Waals surface area contributed by atoms with Crippen LogP contribution in [-0.4, -0.2) is 19.7 Å². The van der Waals surface area contributed by atoms with E-state index in [0.717, 1.165) is 20.3 Å². The minimum atomic E-state index is 0.527. The van der Waals surface area contributed by atoms with Crippen molar-refractivity contribution >= 4 is 45.0 Å². The summed E-state index contributed by atoms with van der Waals surface area (Å²) in [4.78, 5) is 9.06. The van der Waals surface area contributed by atoms with Gasteiger partial charge in [0.25, 0.3) is 0 Å². The molecular weight excluding hydrogens is 415 g/mol. The van der Waals surface area contributed by atoms with E-state index in [1.807, 2.05) is 24.3 Å². The number of anilines is 2. The van der Waals surface area contributed by atoms with Crippen LogP contribution in [0.1, 0.15) is 0 Å². The Bertz CT molecular complexity index is 1040. The highest BCUT2D eigenvalue weighted by Gasteiger charge is 2.12. The lowest BCUT2D eigenvalue weighted by Crippen LogP contribution is -2.00. The van der Waals surface area contributed by atoms with Crippen LogP contribution in [0.15, 0.2) is 54.9 Å². The van der Waals surface area contributed by atoms with Crippen LogP contribution in [0.5, 0.6) is 0 Å². The maximum atomic E-state index is 6.05. The maximum absolute atomic E-state index is 6.05. The topological polar surface area (TPSA) is 95.6 Å². The zero-order chi connectivity index (χ0) is 16.7. The first kappa shape index (κ1) is 14.9. The molecule has 0 aliphatic heterocycles. The molecule has 2 aromatic heterocycles. The Balaban J connectivity index is 1.90. The van der Waals surface area contributed by atoms with Gasteiger partial charge in [-0.05, 0) is 65.1 Å². The van der Waals surface area contributed by atoms with Crippen molar-refractivity contribution in [3.05, 3.63) is 58.4 Å². The number of hydrogen-bond donors (Lipinski definition) is 2. The first-order valence-electron chi connectivity index (χ1n) is 7.24. The van der Waals surface area contributed by atoms with Crippen molar-refractivity contribution in [2.24, 2.45) is 0 Å². The first-order valence-corrected chi connectivity index (χ1v) is 8.32. The minimum absolute atomic E-state index is 0.527. The summed E-state index contributed by atoms with van der Waals surface area (Å²) >= 11 is 2.27. The number of nitrogens with zero attached hydrogens (tertiary/aromatic N) is 4. The maximum Gasteiger partial charge on any atom is 0.166 e. The molecule has 0 spiro atoms. The number of fused-ring (bicyclic) bond motifs is 1. The van der Waals surface area contributed by atoms with Crippen LogP contribution in [0.2, 0.25) is 0 Å². The lowest BCUT2D eigenvalue weighted by Gasteiger charge is -2.07. The van der Waals surface area contributed by atoms with Gasteiger partial charge in [0.1, 0.15) is 0 Å². The average molecular weight is 428 g/mol. The Labute approximate surface area is 151 Å². The molecule has 24 heavy (non-hydrogen) atoms. The summed E-state index contributed by atoms with van der Waals surface area (Å²) in [5.74, 6) is 0.527. The average Bonchev–Trinajstić information content (AvgIpc) is 3.01. The van der Waals surface area contributed by atoms with Gasteiger partial charge in [0.15, 0.2) is 11.5 Å². The number of nitrogen functional groups attached to an aromatic ring is 2. The highest BCUT2D eigenvalue weighted by molar-refractivity contribution is 14.1. The lowest BCUT2D eigenvalue weighted by molar-refractivity contribution is 0.895. The van der Waals surface area contributed by atoms with E-state index in [-0.39, 0.29) is 0 Å². The molecule has 7 heteroatoms. The zero-order valence-electron chi connectivity index (χ0n) is 12.5. The molecule has 2 heterocycles. The van der Waals surface area contributed by atoms with E-state index in [1.54, 1.807) is 35.3 Å². The molecule has 4 N–H and O–H groups in total. The molecule has 4 rings (SSSR count). The predicted molar refractivity (Wildman–Crippen MR) is 104 cm³/mol. The fourth-order valence-corrected chi connectivity index (χ4v) is 2.85. The van der Waals surface area contributed by atoms with Crippen molar-refractivity contribution in [3.8, 4) is 17.1 Å². The largest absolute Gasteiger partial charge is 0.399 e. The van der Waals surface area contributed by atoms with Gasteiger partial charge in [0.2, 0.25) is 0 Å². The zero-order valence-corrected chi connectivity index (χ0v) is 14.7. The smallest absolute Gasteiger partial charge is 0.166 e. The third-order valence-electron chi connectivity index (χ3n) is 3.70. The van der Waals surface area contributed by atoms with Gasteiger partial charge < -0.3 is 11.5 Å². The number of hydrogen-bond acceptors (Lipinski definition) is 5. The van der Waals surface area contributed by atoms with Crippen molar-refractivity contribution in [1.29, 1.82) is 0 Å². The molecular formula is C17H13IN6. The van der Waals surface area contributed by atoms with Gasteiger partial charge in [0.05, 0.1) is 17.3 Å². The number of aromatic nitrogens is 4. The molecule has 2 aromatic carbocycles. The molecule has 0 saturated carbocycles. The molecule has 6 nitrogen and oxygen atoms in total. The van der Waals surface area contributed by atoms with Gasteiger partial charge >= 0.3 is 0 Å². The summed E-state index contributed by atoms with van der Waals surface area (Å²) in [5, 5.41) is 5.29. The summed E-state index contributed by atoms with van der Waals surface area (Å²) in [5.41, 5.74) is 15.5. The Kier molecular flexibility index (Phi) is 3.57. The molecule has 0 amide bonds. The van der Waals surface area contributed by atoms with E-state index >= 15 is 0 Å². The summed E-state index contributed by atoms with van der Waals surface area (Å²) in [6.07, 6.45) is 3.50. The van der Waals surface area contributed by atoms with E-state index < -0.39 is 0 Å². The number of benzene rings is 2. The Morgan fingerprint density at radius 2 is 1.75 bits per heavy atom. The Morgan fingerprint density at radius 1 is 0.958 bits per heavy atom. The second-order valence-corrected chi connectivity index (χ2v) is 6.60. The Morgan fingerprint density at radius 3 is 2.54 bits per heavy atom. The molecule has 0 saturated heterocycles. The van der Waals surface area contributed by atoms with Gasteiger partial charge in [-0.15, -0.1) is 0 Å². The monoisotopic (exact) mass is 428 g/mol. The van der Waals surface area contributed by atoms with Gasteiger partial charge in [-0.1, -0.05) is 0 Å². The second-order valence-electron chi connectivity index (χ2n) is 5.35. The van der Waals surface area contributed by atoms with Gasteiger partial charge in [-0.2, -0.15) is 5.10 Å². The fraction of sp³-hybridized carbons (Fsp3) is 0. The van der Waals surface area contributed by atoms with Crippen molar-refractivity contribution in [1.82, 2.24) is 19.7 Å². The summed E-state index contributed by atoms with van der Waals surface area (Å²) in [7, 11) is 0. The lowest BCUT2D eigenvalue weighted by atomic mass is 10.1. The third kappa shape index (κ3) is 2.56. The summed E-state index contributed by atoms with van der Waals surface area (Å²) in [6, 6.07) is 13.4. The summed E-state index contributed by atoms with van der Waals surface area (Å²) < 4.78 is 2.95. The number of rotatable bonds is 2. The number of nitrogens with two attached hydrogens (primary N) is 2. The fourth-order valence-electron chi connectivity index (χ4n) is 2.49. The first-order chi connectivity index (χ1) is 11.6. The van der Waals surface area contributed by atoms with Crippen LogP contribution in [0.4, 0.5) is 11.4 Å². The second kappa shape index (κ2) is 5.75. The van der Waals surface area contributed by atoms with Crippen LogP contribution < -0.4 is 11.5 Å². The normalized spacial score (nSPS) is 11.0. The van der Waals surface area contributed by atoms with Crippen molar-refractivity contribution in [2.75, 3.05) is 11.5 Å². The summed E-state index contributed by atoms with van der Waals surface area (Å²) in [6.45, 7) is 0.